The van der Waals surface area contributed by atoms with E-state index in [4.69, 9.17) is 9.47 Å². The number of ether oxygens (including phenoxy) is 2. The lowest BCUT2D eigenvalue weighted by atomic mass is 9.90. The van der Waals surface area contributed by atoms with Crippen molar-refractivity contribution in [3.63, 3.8) is 0 Å². The number of methoxy groups -OCH3 is 1. The molecule has 6 heteroatoms. The minimum atomic E-state index is -0.382. The SMILES string of the molecule is COc1ccccc1CN(CC1CCCO1)C(=O)C1CCN(C(=O)C(C)(C)C)CC1. The highest BCUT2D eigenvalue weighted by Gasteiger charge is 2.35. The Hall–Kier alpha value is -2.08. The van der Waals surface area contributed by atoms with Crippen molar-refractivity contribution in [3.8, 4) is 5.75 Å². The van der Waals surface area contributed by atoms with Crippen LogP contribution in [0, 0.1) is 11.3 Å². The molecule has 2 saturated heterocycles. The van der Waals surface area contributed by atoms with Crippen LogP contribution in [0.15, 0.2) is 24.3 Å². The summed E-state index contributed by atoms with van der Waals surface area (Å²) >= 11 is 0. The van der Waals surface area contributed by atoms with Crippen LogP contribution in [0.2, 0.25) is 0 Å². The minimum Gasteiger partial charge on any atom is -0.496 e. The van der Waals surface area contributed by atoms with Gasteiger partial charge in [-0.05, 0) is 31.7 Å². The van der Waals surface area contributed by atoms with Crippen LogP contribution in [0.1, 0.15) is 52.0 Å². The van der Waals surface area contributed by atoms with Crippen LogP contribution >= 0.6 is 0 Å². The molecule has 1 aromatic rings. The highest BCUT2D eigenvalue weighted by molar-refractivity contribution is 5.83. The molecule has 166 valence electrons. The maximum absolute atomic E-state index is 13.5. The summed E-state index contributed by atoms with van der Waals surface area (Å²) in [5, 5.41) is 0. The van der Waals surface area contributed by atoms with Crippen LogP contribution in [-0.4, -0.2) is 61.1 Å². The van der Waals surface area contributed by atoms with E-state index in [2.05, 4.69) is 0 Å². The Balaban J connectivity index is 1.68. The van der Waals surface area contributed by atoms with Crippen LogP contribution < -0.4 is 4.74 Å². The zero-order valence-electron chi connectivity index (χ0n) is 18.9. The Bertz CT molecular complexity index is 729. The predicted molar refractivity (Wildman–Crippen MR) is 116 cm³/mol. The molecule has 2 aliphatic rings. The number of amides is 2. The Labute approximate surface area is 180 Å². The predicted octanol–water partition coefficient (Wildman–Crippen LogP) is 3.49. The fraction of sp³-hybridized carbons (Fsp3) is 0.667. The maximum Gasteiger partial charge on any atom is 0.227 e. The number of hydrogen-bond donors (Lipinski definition) is 0. The number of hydrogen-bond acceptors (Lipinski definition) is 4. The summed E-state index contributed by atoms with van der Waals surface area (Å²) in [6.07, 6.45) is 3.58. The monoisotopic (exact) mass is 416 g/mol. The molecule has 2 fully saturated rings. The van der Waals surface area contributed by atoms with Gasteiger partial charge in [-0.2, -0.15) is 0 Å². The molecule has 0 aromatic heterocycles. The number of rotatable bonds is 6. The first-order chi connectivity index (χ1) is 14.3. The topological polar surface area (TPSA) is 59.1 Å². The summed E-state index contributed by atoms with van der Waals surface area (Å²) in [5.74, 6) is 1.08. The van der Waals surface area contributed by atoms with E-state index in [9.17, 15) is 9.59 Å². The number of carbonyl (C=O) groups is 2. The highest BCUT2D eigenvalue weighted by atomic mass is 16.5. The van der Waals surface area contributed by atoms with Crippen molar-refractivity contribution in [3.05, 3.63) is 29.8 Å². The second-order valence-corrected chi connectivity index (χ2v) is 9.48. The van der Waals surface area contributed by atoms with Crippen molar-refractivity contribution in [1.29, 1.82) is 0 Å². The number of benzene rings is 1. The van der Waals surface area contributed by atoms with Crippen molar-refractivity contribution < 1.29 is 19.1 Å². The van der Waals surface area contributed by atoms with E-state index in [1.54, 1.807) is 7.11 Å². The molecule has 0 aliphatic carbocycles. The first-order valence-electron chi connectivity index (χ1n) is 11.1. The van der Waals surface area contributed by atoms with Gasteiger partial charge in [0.15, 0.2) is 0 Å². The molecule has 3 rings (SSSR count). The zero-order valence-corrected chi connectivity index (χ0v) is 18.9. The van der Waals surface area contributed by atoms with Gasteiger partial charge < -0.3 is 19.3 Å². The first-order valence-corrected chi connectivity index (χ1v) is 11.1. The Morgan fingerprint density at radius 1 is 1.17 bits per heavy atom. The van der Waals surface area contributed by atoms with E-state index >= 15 is 0 Å². The van der Waals surface area contributed by atoms with E-state index in [0.29, 0.717) is 39.0 Å². The molecule has 6 nitrogen and oxygen atoms in total. The zero-order chi connectivity index (χ0) is 21.7. The molecular formula is C24H36N2O4. The van der Waals surface area contributed by atoms with Crippen LogP contribution in [0.4, 0.5) is 0 Å². The van der Waals surface area contributed by atoms with Gasteiger partial charge in [-0.25, -0.2) is 0 Å². The fourth-order valence-electron chi connectivity index (χ4n) is 4.37. The summed E-state index contributed by atoms with van der Waals surface area (Å²) in [6, 6.07) is 7.86. The molecule has 1 atom stereocenters. The molecule has 2 heterocycles. The second kappa shape index (κ2) is 9.82. The average Bonchev–Trinajstić information content (AvgIpc) is 3.25. The Morgan fingerprint density at radius 3 is 2.47 bits per heavy atom. The standard InChI is InChI=1S/C24H36N2O4/c1-24(2,3)23(28)25-13-11-18(12-14-25)22(27)26(17-20-9-7-15-30-20)16-19-8-5-6-10-21(19)29-4/h5-6,8,10,18,20H,7,9,11-17H2,1-4H3. The number of piperidine rings is 1. The van der Waals surface area contributed by atoms with Crippen LogP contribution in [-0.2, 0) is 20.9 Å². The molecule has 1 aromatic carbocycles. The van der Waals surface area contributed by atoms with Gasteiger partial charge in [-0.1, -0.05) is 39.0 Å². The van der Waals surface area contributed by atoms with E-state index < -0.39 is 0 Å². The lowest BCUT2D eigenvalue weighted by molar-refractivity contribution is -0.145. The Kier molecular flexibility index (Phi) is 7.40. The molecule has 0 N–H and O–H groups in total. The summed E-state index contributed by atoms with van der Waals surface area (Å²) in [5.41, 5.74) is 0.624. The Morgan fingerprint density at radius 2 is 1.87 bits per heavy atom. The molecule has 2 aliphatic heterocycles. The number of nitrogens with zero attached hydrogens (tertiary/aromatic N) is 2. The quantitative estimate of drug-likeness (QED) is 0.712. The van der Waals surface area contributed by atoms with Crippen molar-refractivity contribution in [2.24, 2.45) is 11.3 Å². The lowest BCUT2D eigenvalue weighted by Crippen LogP contribution is -2.48. The van der Waals surface area contributed by atoms with E-state index in [1.807, 2.05) is 54.8 Å². The van der Waals surface area contributed by atoms with E-state index in [1.165, 1.54) is 0 Å². The molecule has 0 spiro atoms. The van der Waals surface area contributed by atoms with Crippen LogP contribution in [0.25, 0.3) is 0 Å². The molecule has 30 heavy (non-hydrogen) atoms. The van der Waals surface area contributed by atoms with Crippen molar-refractivity contribution in [2.75, 3.05) is 33.4 Å². The first kappa shape index (κ1) is 22.6. The van der Waals surface area contributed by atoms with E-state index in [-0.39, 0.29) is 29.3 Å². The van der Waals surface area contributed by atoms with Gasteiger partial charge >= 0.3 is 0 Å². The third-order valence-corrected chi connectivity index (χ3v) is 6.09. The number of para-hydroxylation sites is 1. The largest absolute Gasteiger partial charge is 0.496 e. The molecule has 0 bridgehead atoms. The van der Waals surface area contributed by atoms with Gasteiger partial charge in [-0.15, -0.1) is 0 Å². The summed E-state index contributed by atoms with van der Waals surface area (Å²) in [6.45, 7) is 9.04. The normalized spacial score (nSPS) is 20.3. The fourth-order valence-corrected chi connectivity index (χ4v) is 4.37. The highest BCUT2D eigenvalue weighted by Crippen LogP contribution is 2.27. The molecule has 2 amide bonds. The summed E-state index contributed by atoms with van der Waals surface area (Å²) in [7, 11) is 1.66. The van der Waals surface area contributed by atoms with Gasteiger partial charge in [0.25, 0.3) is 0 Å². The van der Waals surface area contributed by atoms with Crippen LogP contribution in [0.5, 0.6) is 5.75 Å². The smallest absolute Gasteiger partial charge is 0.227 e. The minimum absolute atomic E-state index is 0.0508. The molecule has 0 saturated carbocycles. The van der Waals surface area contributed by atoms with Crippen molar-refractivity contribution in [1.82, 2.24) is 9.80 Å². The summed E-state index contributed by atoms with van der Waals surface area (Å²) < 4.78 is 11.3. The van der Waals surface area contributed by atoms with Gasteiger partial charge in [0.05, 0.1) is 13.2 Å². The van der Waals surface area contributed by atoms with Crippen LogP contribution in [0.3, 0.4) is 0 Å². The lowest BCUT2D eigenvalue weighted by Gasteiger charge is -2.37. The molecule has 1 unspecified atom stereocenters. The third-order valence-electron chi connectivity index (χ3n) is 6.09. The van der Waals surface area contributed by atoms with Gasteiger partial charge in [0, 0.05) is 49.7 Å². The van der Waals surface area contributed by atoms with Crippen molar-refractivity contribution in [2.45, 2.75) is 59.1 Å². The maximum atomic E-state index is 13.5. The second-order valence-electron chi connectivity index (χ2n) is 9.48. The van der Waals surface area contributed by atoms with E-state index in [0.717, 1.165) is 30.8 Å². The number of carbonyl (C=O) groups excluding carboxylic acids is 2. The molecule has 0 radical (unpaired) electrons. The van der Waals surface area contributed by atoms with Gasteiger partial charge in [0.2, 0.25) is 11.8 Å². The van der Waals surface area contributed by atoms with Gasteiger partial charge in [-0.3, -0.25) is 9.59 Å². The van der Waals surface area contributed by atoms with Crippen molar-refractivity contribution >= 4 is 11.8 Å². The van der Waals surface area contributed by atoms with Gasteiger partial charge in [0.1, 0.15) is 5.75 Å². The number of likely N-dealkylation sites (tertiary alicyclic amines) is 1. The average molecular weight is 417 g/mol. The molecular weight excluding hydrogens is 380 g/mol. The third kappa shape index (κ3) is 5.54. The summed E-state index contributed by atoms with van der Waals surface area (Å²) in [4.78, 5) is 29.9.